The van der Waals surface area contributed by atoms with E-state index >= 15 is 0 Å². The minimum atomic E-state index is -0.185. The van der Waals surface area contributed by atoms with Gasteiger partial charge in [-0.3, -0.25) is 9.69 Å². The molecule has 0 aliphatic heterocycles. The van der Waals surface area contributed by atoms with Gasteiger partial charge in [-0.05, 0) is 37.5 Å². The predicted octanol–water partition coefficient (Wildman–Crippen LogP) is 2.85. The topological polar surface area (TPSA) is 29.5 Å². The minimum absolute atomic E-state index is 0.185. The van der Waals surface area contributed by atoms with Crippen molar-refractivity contribution in [2.75, 3.05) is 19.7 Å². The molecule has 1 aromatic carbocycles. The number of rotatable bonds is 7. The third-order valence-corrected chi connectivity index (χ3v) is 3.07. The molecule has 0 amide bonds. The summed E-state index contributed by atoms with van der Waals surface area (Å²) in [6, 6.07) is 6.24. The van der Waals surface area contributed by atoms with Crippen molar-refractivity contribution in [1.82, 2.24) is 4.90 Å². The molecule has 104 valence electrons. The molecule has 1 aromatic rings. The van der Waals surface area contributed by atoms with Crippen molar-refractivity contribution in [2.24, 2.45) is 0 Å². The highest BCUT2D eigenvalue weighted by Crippen LogP contribution is 2.15. The standard InChI is InChI=1S/C16H23NO2/c1-5-10-17(12-16(18)19-6-2)11-15-13(3)8-7-9-14(15)4/h5,7-9H,1,6,10-12H2,2-4H3. The number of nitrogens with zero attached hydrogens (tertiary/aromatic N) is 1. The maximum Gasteiger partial charge on any atom is 0.320 e. The summed E-state index contributed by atoms with van der Waals surface area (Å²) in [4.78, 5) is 13.6. The third kappa shape index (κ3) is 4.87. The second kappa shape index (κ2) is 7.74. The molecule has 0 atom stereocenters. The first-order valence-corrected chi connectivity index (χ1v) is 6.62. The van der Waals surface area contributed by atoms with Gasteiger partial charge < -0.3 is 4.74 Å². The molecule has 0 aliphatic rings. The number of benzene rings is 1. The largest absolute Gasteiger partial charge is 0.465 e. The lowest BCUT2D eigenvalue weighted by atomic mass is 10.0. The van der Waals surface area contributed by atoms with Gasteiger partial charge >= 0.3 is 5.97 Å². The summed E-state index contributed by atoms with van der Waals surface area (Å²) in [7, 11) is 0. The van der Waals surface area contributed by atoms with Gasteiger partial charge in [0.25, 0.3) is 0 Å². The first-order chi connectivity index (χ1) is 9.08. The first-order valence-electron chi connectivity index (χ1n) is 6.62. The summed E-state index contributed by atoms with van der Waals surface area (Å²) in [6.07, 6.45) is 1.81. The zero-order chi connectivity index (χ0) is 14.3. The van der Waals surface area contributed by atoms with Crippen molar-refractivity contribution in [1.29, 1.82) is 0 Å². The summed E-state index contributed by atoms with van der Waals surface area (Å²) >= 11 is 0. The number of aryl methyl sites for hydroxylation is 2. The van der Waals surface area contributed by atoms with Crippen LogP contribution in [0.3, 0.4) is 0 Å². The molecule has 0 spiro atoms. The van der Waals surface area contributed by atoms with Crippen LogP contribution in [-0.2, 0) is 16.1 Å². The van der Waals surface area contributed by atoms with E-state index in [2.05, 4.69) is 38.6 Å². The lowest BCUT2D eigenvalue weighted by Gasteiger charge is -2.22. The molecule has 3 nitrogen and oxygen atoms in total. The molecule has 0 saturated carbocycles. The van der Waals surface area contributed by atoms with E-state index in [0.29, 0.717) is 19.7 Å². The highest BCUT2D eigenvalue weighted by molar-refractivity contribution is 5.71. The van der Waals surface area contributed by atoms with Crippen molar-refractivity contribution < 1.29 is 9.53 Å². The Bertz CT molecular complexity index is 420. The van der Waals surface area contributed by atoms with Crippen LogP contribution >= 0.6 is 0 Å². The van der Waals surface area contributed by atoms with Crippen molar-refractivity contribution in [3.63, 3.8) is 0 Å². The molecule has 1 rings (SSSR count). The van der Waals surface area contributed by atoms with E-state index in [9.17, 15) is 4.79 Å². The van der Waals surface area contributed by atoms with Crippen molar-refractivity contribution >= 4 is 5.97 Å². The van der Waals surface area contributed by atoms with E-state index in [4.69, 9.17) is 4.74 Å². The maximum atomic E-state index is 11.6. The Labute approximate surface area is 115 Å². The smallest absolute Gasteiger partial charge is 0.320 e. The third-order valence-electron chi connectivity index (χ3n) is 3.07. The van der Waals surface area contributed by atoms with Gasteiger partial charge in [-0.15, -0.1) is 6.58 Å². The molecule has 19 heavy (non-hydrogen) atoms. The monoisotopic (exact) mass is 261 g/mol. The molecule has 0 fully saturated rings. The molecule has 0 aliphatic carbocycles. The van der Waals surface area contributed by atoms with Gasteiger partial charge in [-0.25, -0.2) is 0 Å². The summed E-state index contributed by atoms with van der Waals surface area (Å²) < 4.78 is 5.00. The lowest BCUT2D eigenvalue weighted by Crippen LogP contribution is -2.31. The molecular formula is C16H23NO2. The number of hydrogen-bond donors (Lipinski definition) is 0. The Morgan fingerprint density at radius 3 is 2.53 bits per heavy atom. The van der Waals surface area contributed by atoms with Crippen molar-refractivity contribution in [2.45, 2.75) is 27.3 Å². The predicted molar refractivity (Wildman–Crippen MR) is 78.0 cm³/mol. The fraction of sp³-hybridized carbons (Fsp3) is 0.438. The highest BCUT2D eigenvalue weighted by Gasteiger charge is 2.13. The van der Waals surface area contributed by atoms with Crippen LogP contribution in [0.25, 0.3) is 0 Å². The fourth-order valence-corrected chi connectivity index (χ4v) is 2.08. The molecule has 0 heterocycles. The zero-order valence-electron chi connectivity index (χ0n) is 12.1. The second-order valence-corrected chi connectivity index (χ2v) is 4.63. The van der Waals surface area contributed by atoms with Gasteiger partial charge in [0.2, 0.25) is 0 Å². The van der Waals surface area contributed by atoms with E-state index in [1.165, 1.54) is 16.7 Å². The molecule has 0 unspecified atom stereocenters. The quantitative estimate of drug-likeness (QED) is 0.558. The van der Waals surface area contributed by atoms with E-state index in [1.54, 1.807) is 0 Å². The van der Waals surface area contributed by atoms with Gasteiger partial charge in [0.05, 0.1) is 13.2 Å². The zero-order valence-corrected chi connectivity index (χ0v) is 12.1. The van der Waals surface area contributed by atoms with Crippen LogP contribution in [0.2, 0.25) is 0 Å². The van der Waals surface area contributed by atoms with Gasteiger partial charge in [0.1, 0.15) is 0 Å². The molecule has 0 N–H and O–H groups in total. The SMILES string of the molecule is C=CCN(CC(=O)OCC)Cc1c(C)cccc1C. The average Bonchev–Trinajstić information content (AvgIpc) is 2.34. The number of esters is 1. The van der Waals surface area contributed by atoms with E-state index in [0.717, 1.165) is 6.54 Å². The number of hydrogen-bond acceptors (Lipinski definition) is 3. The van der Waals surface area contributed by atoms with Gasteiger partial charge in [0, 0.05) is 13.1 Å². The van der Waals surface area contributed by atoms with E-state index in [1.807, 2.05) is 17.9 Å². The van der Waals surface area contributed by atoms with Crippen LogP contribution in [0.4, 0.5) is 0 Å². The fourth-order valence-electron chi connectivity index (χ4n) is 2.08. The van der Waals surface area contributed by atoms with Gasteiger partial charge in [-0.1, -0.05) is 24.3 Å². The van der Waals surface area contributed by atoms with Crippen LogP contribution < -0.4 is 0 Å². The van der Waals surface area contributed by atoms with Crippen LogP contribution in [0.1, 0.15) is 23.6 Å². The highest BCUT2D eigenvalue weighted by atomic mass is 16.5. The summed E-state index contributed by atoms with van der Waals surface area (Å²) in [5.41, 5.74) is 3.77. The molecule has 3 heteroatoms. The summed E-state index contributed by atoms with van der Waals surface area (Å²) in [5, 5.41) is 0. The number of carbonyl (C=O) groups excluding carboxylic acids is 1. The normalized spacial score (nSPS) is 10.5. The summed E-state index contributed by atoms with van der Waals surface area (Å²) in [6.45, 7) is 11.9. The minimum Gasteiger partial charge on any atom is -0.465 e. The Morgan fingerprint density at radius 2 is 2.00 bits per heavy atom. The Hall–Kier alpha value is -1.61. The maximum absolute atomic E-state index is 11.6. The molecule has 0 aromatic heterocycles. The van der Waals surface area contributed by atoms with Crippen LogP contribution in [0.15, 0.2) is 30.9 Å². The Balaban J connectivity index is 2.77. The molecular weight excluding hydrogens is 238 g/mol. The molecule has 0 saturated heterocycles. The van der Waals surface area contributed by atoms with Crippen LogP contribution in [0.5, 0.6) is 0 Å². The first kappa shape index (κ1) is 15.4. The van der Waals surface area contributed by atoms with Gasteiger partial charge in [-0.2, -0.15) is 0 Å². The van der Waals surface area contributed by atoms with Gasteiger partial charge in [0.15, 0.2) is 0 Å². The van der Waals surface area contributed by atoms with Crippen LogP contribution in [0, 0.1) is 13.8 Å². The second-order valence-electron chi connectivity index (χ2n) is 4.63. The van der Waals surface area contributed by atoms with E-state index < -0.39 is 0 Å². The molecule has 0 radical (unpaired) electrons. The lowest BCUT2D eigenvalue weighted by molar-refractivity contribution is -0.144. The van der Waals surface area contributed by atoms with Crippen LogP contribution in [-0.4, -0.2) is 30.6 Å². The average molecular weight is 261 g/mol. The summed E-state index contributed by atoms with van der Waals surface area (Å²) in [5.74, 6) is -0.185. The Kier molecular flexibility index (Phi) is 6.30. The van der Waals surface area contributed by atoms with E-state index in [-0.39, 0.29) is 5.97 Å². The number of ether oxygens (including phenoxy) is 1. The molecule has 0 bridgehead atoms. The Morgan fingerprint density at radius 1 is 1.37 bits per heavy atom. The van der Waals surface area contributed by atoms with Crippen molar-refractivity contribution in [3.05, 3.63) is 47.5 Å². The number of carbonyl (C=O) groups is 1. The van der Waals surface area contributed by atoms with Crippen molar-refractivity contribution in [3.8, 4) is 0 Å².